The van der Waals surface area contributed by atoms with Gasteiger partial charge in [-0.3, -0.25) is 9.59 Å². The molecule has 0 saturated carbocycles. The van der Waals surface area contributed by atoms with Crippen LogP contribution in [-0.4, -0.2) is 17.7 Å². The molecule has 2 aromatic rings. The summed E-state index contributed by atoms with van der Waals surface area (Å²) in [6.07, 6.45) is 0. The van der Waals surface area contributed by atoms with Gasteiger partial charge in [0.25, 0.3) is 5.91 Å². The largest absolute Gasteiger partial charge is 0.545 e. The van der Waals surface area contributed by atoms with Gasteiger partial charge < -0.3 is 15.2 Å². The summed E-state index contributed by atoms with van der Waals surface area (Å²) in [4.78, 5) is 34.2. The molecule has 2 aromatic carbocycles. The molecule has 0 unspecified atom stereocenters. The van der Waals surface area contributed by atoms with E-state index in [2.05, 4.69) is 5.32 Å². The molecule has 0 aliphatic rings. The van der Waals surface area contributed by atoms with E-state index >= 15 is 0 Å². The van der Waals surface area contributed by atoms with Crippen LogP contribution in [0.5, 0.6) is 0 Å². The summed E-state index contributed by atoms with van der Waals surface area (Å²) < 4.78 is 0. The van der Waals surface area contributed by atoms with E-state index in [4.69, 9.17) is 0 Å². The van der Waals surface area contributed by atoms with Gasteiger partial charge in [-0.2, -0.15) is 0 Å². The summed E-state index contributed by atoms with van der Waals surface area (Å²) in [6.45, 7) is 1.45. The molecule has 1 N–H and O–H groups in total. The number of carbonyl (C=O) groups is 3. The van der Waals surface area contributed by atoms with Gasteiger partial charge in [-0.1, -0.05) is 18.2 Å². The Labute approximate surface area is 121 Å². The Morgan fingerprint density at radius 1 is 0.905 bits per heavy atom. The molecular weight excluding hydrogens is 270 g/mol. The molecule has 0 spiro atoms. The third-order valence-electron chi connectivity index (χ3n) is 2.94. The lowest BCUT2D eigenvalue weighted by Crippen LogP contribution is -2.26. The fourth-order valence-corrected chi connectivity index (χ4v) is 1.85. The van der Waals surface area contributed by atoms with Crippen molar-refractivity contribution in [1.29, 1.82) is 0 Å². The number of carboxylic acid groups (broad SMARTS) is 1. The molecule has 0 aliphatic heterocycles. The number of Topliss-reactive ketones (excluding diaryl/α,β-unsaturated/α-hetero) is 1. The van der Waals surface area contributed by atoms with E-state index in [1.807, 2.05) is 0 Å². The number of nitrogens with one attached hydrogen (secondary N) is 1. The average molecular weight is 282 g/mol. The van der Waals surface area contributed by atoms with Crippen LogP contribution >= 0.6 is 0 Å². The minimum atomic E-state index is -1.41. The monoisotopic (exact) mass is 282 g/mol. The van der Waals surface area contributed by atoms with E-state index in [0.29, 0.717) is 11.3 Å². The first-order chi connectivity index (χ1) is 9.99. The van der Waals surface area contributed by atoms with Crippen molar-refractivity contribution >= 4 is 23.3 Å². The molecule has 0 saturated heterocycles. The van der Waals surface area contributed by atoms with Crippen molar-refractivity contribution in [2.45, 2.75) is 6.92 Å². The number of carboxylic acids is 1. The van der Waals surface area contributed by atoms with E-state index in [1.165, 1.54) is 25.1 Å². The van der Waals surface area contributed by atoms with Gasteiger partial charge in [-0.25, -0.2) is 0 Å². The fourth-order valence-electron chi connectivity index (χ4n) is 1.85. The number of amides is 1. The first kappa shape index (κ1) is 14.5. The molecule has 106 valence electrons. The van der Waals surface area contributed by atoms with Crippen molar-refractivity contribution in [3.63, 3.8) is 0 Å². The molecule has 0 radical (unpaired) electrons. The lowest BCUT2D eigenvalue weighted by atomic mass is 10.1. The molecule has 0 aliphatic carbocycles. The summed E-state index contributed by atoms with van der Waals surface area (Å²) in [5.41, 5.74) is 0.852. The summed E-state index contributed by atoms with van der Waals surface area (Å²) in [7, 11) is 0. The Kier molecular flexibility index (Phi) is 4.13. The summed E-state index contributed by atoms with van der Waals surface area (Å²) in [6, 6.07) is 12.1. The second-order valence-electron chi connectivity index (χ2n) is 4.42. The number of rotatable bonds is 4. The van der Waals surface area contributed by atoms with Gasteiger partial charge in [0.1, 0.15) is 0 Å². The van der Waals surface area contributed by atoms with E-state index < -0.39 is 11.9 Å². The van der Waals surface area contributed by atoms with Gasteiger partial charge in [0.2, 0.25) is 0 Å². The molecule has 2 rings (SSSR count). The highest BCUT2D eigenvalue weighted by molar-refractivity contribution is 6.10. The molecule has 0 aromatic heterocycles. The highest BCUT2D eigenvalue weighted by Crippen LogP contribution is 2.14. The normalized spacial score (nSPS) is 9.95. The highest BCUT2D eigenvalue weighted by atomic mass is 16.4. The molecule has 21 heavy (non-hydrogen) atoms. The maximum absolute atomic E-state index is 12.1. The van der Waals surface area contributed by atoms with Crippen LogP contribution in [-0.2, 0) is 0 Å². The SMILES string of the molecule is CC(=O)c1ccc(NC(=O)c2ccccc2C(=O)[O-])cc1. The van der Waals surface area contributed by atoms with Crippen LogP contribution in [0.15, 0.2) is 48.5 Å². The van der Waals surface area contributed by atoms with Crippen LogP contribution in [0.25, 0.3) is 0 Å². The van der Waals surface area contributed by atoms with Crippen molar-refractivity contribution in [2.24, 2.45) is 0 Å². The van der Waals surface area contributed by atoms with Gasteiger partial charge in [-0.15, -0.1) is 0 Å². The Morgan fingerprint density at radius 3 is 2.00 bits per heavy atom. The van der Waals surface area contributed by atoms with Gasteiger partial charge in [-0.05, 0) is 37.3 Å². The summed E-state index contributed by atoms with van der Waals surface area (Å²) >= 11 is 0. The maximum Gasteiger partial charge on any atom is 0.256 e. The molecule has 1 amide bonds. The Morgan fingerprint density at radius 2 is 1.48 bits per heavy atom. The van der Waals surface area contributed by atoms with E-state index in [9.17, 15) is 19.5 Å². The lowest BCUT2D eigenvalue weighted by molar-refractivity contribution is -0.255. The quantitative estimate of drug-likeness (QED) is 0.861. The molecule has 5 nitrogen and oxygen atoms in total. The first-order valence-electron chi connectivity index (χ1n) is 6.22. The third-order valence-corrected chi connectivity index (χ3v) is 2.94. The molecule has 5 heteroatoms. The van der Waals surface area contributed by atoms with Crippen molar-refractivity contribution in [3.05, 3.63) is 65.2 Å². The second-order valence-corrected chi connectivity index (χ2v) is 4.42. The molecule has 0 bridgehead atoms. The summed E-state index contributed by atoms with van der Waals surface area (Å²) in [5.74, 6) is -2.03. The Balaban J connectivity index is 2.22. The fraction of sp³-hybridized carbons (Fsp3) is 0.0625. The number of carbonyl (C=O) groups excluding carboxylic acids is 3. The van der Waals surface area contributed by atoms with Crippen molar-refractivity contribution in [3.8, 4) is 0 Å². The molecule has 0 fully saturated rings. The Hall–Kier alpha value is -2.95. The molecule has 0 heterocycles. The smallest absolute Gasteiger partial charge is 0.256 e. The number of hydrogen-bond acceptors (Lipinski definition) is 4. The zero-order valence-electron chi connectivity index (χ0n) is 11.3. The number of ketones is 1. The van der Waals surface area contributed by atoms with Crippen LogP contribution in [0.3, 0.4) is 0 Å². The van der Waals surface area contributed by atoms with Crippen LogP contribution in [0, 0.1) is 0 Å². The third kappa shape index (κ3) is 3.33. The van der Waals surface area contributed by atoms with Crippen LogP contribution in [0.1, 0.15) is 38.0 Å². The maximum atomic E-state index is 12.1. The molecular formula is C16H12NO4-. The number of hydrogen-bond donors (Lipinski definition) is 1. The number of anilines is 1. The number of benzene rings is 2. The minimum absolute atomic E-state index is 0.0214. The van der Waals surface area contributed by atoms with E-state index in [1.54, 1.807) is 30.3 Å². The Bertz CT molecular complexity index is 704. The van der Waals surface area contributed by atoms with Crippen molar-refractivity contribution in [2.75, 3.05) is 5.32 Å². The van der Waals surface area contributed by atoms with Crippen LogP contribution < -0.4 is 10.4 Å². The highest BCUT2D eigenvalue weighted by Gasteiger charge is 2.11. The van der Waals surface area contributed by atoms with E-state index in [-0.39, 0.29) is 16.9 Å². The second kappa shape index (κ2) is 6.00. The van der Waals surface area contributed by atoms with Crippen molar-refractivity contribution < 1.29 is 19.5 Å². The predicted octanol–water partition coefficient (Wildman–Crippen LogP) is 1.50. The first-order valence-corrected chi connectivity index (χ1v) is 6.22. The zero-order chi connectivity index (χ0) is 15.4. The summed E-state index contributed by atoms with van der Waals surface area (Å²) in [5, 5.41) is 13.5. The van der Waals surface area contributed by atoms with Gasteiger partial charge in [0, 0.05) is 22.4 Å². The van der Waals surface area contributed by atoms with Crippen LogP contribution in [0.2, 0.25) is 0 Å². The van der Waals surface area contributed by atoms with Gasteiger partial charge in [0.05, 0.1) is 5.97 Å². The average Bonchev–Trinajstić information content (AvgIpc) is 2.47. The minimum Gasteiger partial charge on any atom is -0.545 e. The van der Waals surface area contributed by atoms with E-state index in [0.717, 1.165) is 0 Å². The zero-order valence-corrected chi connectivity index (χ0v) is 11.3. The topological polar surface area (TPSA) is 86.3 Å². The lowest BCUT2D eigenvalue weighted by Gasteiger charge is -2.10. The van der Waals surface area contributed by atoms with Gasteiger partial charge in [0.15, 0.2) is 5.78 Å². The standard InChI is InChI=1S/C16H13NO4/c1-10(18)11-6-8-12(9-7-11)17-15(19)13-4-2-3-5-14(13)16(20)21/h2-9H,1H3,(H,17,19)(H,20,21)/p-1. The predicted molar refractivity (Wildman–Crippen MR) is 75.2 cm³/mol. The van der Waals surface area contributed by atoms with Gasteiger partial charge >= 0.3 is 0 Å². The molecule has 0 atom stereocenters. The van der Waals surface area contributed by atoms with Crippen molar-refractivity contribution in [1.82, 2.24) is 0 Å². The van der Waals surface area contributed by atoms with Crippen LogP contribution in [0.4, 0.5) is 5.69 Å². The number of aromatic carboxylic acids is 1.